The number of rotatable bonds is 2. The number of aliphatic hydroxyl groups excluding tert-OH is 1. The van der Waals surface area contributed by atoms with Gasteiger partial charge in [0.15, 0.2) is 0 Å². The van der Waals surface area contributed by atoms with Gasteiger partial charge in [-0.05, 0) is 55.3 Å². The van der Waals surface area contributed by atoms with Crippen LogP contribution in [0.15, 0.2) is 40.9 Å². The minimum absolute atomic E-state index is 0.178. The highest BCUT2D eigenvalue weighted by molar-refractivity contribution is 9.10. The summed E-state index contributed by atoms with van der Waals surface area (Å²) >= 11 is 9.49. The standard InChI is InChI=1S/C17H16BrClO2/c1-17(2)9-11-7-10(3-6-15(11)21-17)16(20)13-8-12(19)4-5-14(13)18/h3-8,16,20H,9H2,1-2H3. The fourth-order valence-electron chi connectivity index (χ4n) is 2.70. The van der Waals surface area contributed by atoms with Gasteiger partial charge < -0.3 is 9.84 Å². The largest absolute Gasteiger partial charge is 0.487 e. The van der Waals surface area contributed by atoms with Crippen molar-refractivity contribution in [2.45, 2.75) is 32.0 Å². The van der Waals surface area contributed by atoms with Crippen LogP contribution in [0.1, 0.15) is 36.6 Å². The molecule has 2 aromatic carbocycles. The zero-order chi connectivity index (χ0) is 15.2. The zero-order valence-corrected chi connectivity index (χ0v) is 14.2. The molecule has 0 spiro atoms. The van der Waals surface area contributed by atoms with Gasteiger partial charge in [-0.1, -0.05) is 33.6 Å². The predicted molar refractivity (Wildman–Crippen MR) is 88.1 cm³/mol. The van der Waals surface area contributed by atoms with Crippen LogP contribution in [0, 0.1) is 0 Å². The minimum Gasteiger partial charge on any atom is -0.487 e. The molecule has 110 valence electrons. The second-order valence-electron chi connectivity index (χ2n) is 5.97. The molecule has 0 aliphatic carbocycles. The first kappa shape index (κ1) is 14.9. The van der Waals surface area contributed by atoms with Crippen molar-refractivity contribution >= 4 is 27.5 Å². The monoisotopic (exact) mass is 366 g/mol. The lowest BCUT2D eigenvalue weighted by molar-refractivity contribution is 0.138. The average molecular weight is 368 g/mol. The van der Waals surface area contributed by atoms with Gasteiger partial charge in [0.2, 0.25) is 0 Å². The molecule has 0 bridgehead atoms. The van der Waals surface area contributed by atoms with Crippen LogP contribution in [0.5, 0.6) is 5.75 Å². The maximum absolute atomic E-state index is 10.6. The fourth-order valence-corrected chi connectivity index (χ4v) is 3.35. The van der Waals surface area contributed by atoms with E-state index >= 15 is 0 Å². The summed E-state index contributed by atoms with van der Waals surface area (Å²) in [5, 5.41) is 11.2. The molecule has 2 aromatic rings. The maximum atomic E-state index is 10.6. The molecule has 3 rings (SSSR count). The van der Waals surface area contributed by atoms with Crippen LogP contribution in [-0.4, -0.2) is 10.7 Å². The van der Waals surface area contributed by atoms with Crippen LogP contribution in [0.25, 0.3) is 0 Å². The molecular weight excluding hydrogens is 352 g/mol. The van der Waals surface area contributed by atoms with E-state index in [4.69, 9.17) is 16.3 Å². The van der Waals surface area contributed by atoms with E-state index in [0.717, 1.165) is 33.3 Å². The van der Waals surface area contributed by atoms with Crippen molar-refractivity contribution in [3.63, 3.8) is 0 Å². The molecule has 1 atom stereocenters. The van der Waals surface area contributed by atoms with Gasteiger partial charge in [0, 0.05) is 21.5 Å². The van der Waals surface area contributed by atoms with Gasteiger partial charge in [-0.25, -0.2) is 0 Å². The van der Waals surface area contributed by atoms with E-state index in [1.807, 2.05) is 24.3 Å². The SMILES string of the molecule is CC1(C)Cc2cc(C(O)c3cc(Cl)ccc3Br)ccc2O1. The van der Waals surface area contributed by atoms with Gasteiger partial charge >= 0.3 is 0 Å². The van der Waals surface area contributed by atoms with E-state index in [9.17, 15) is 5.11 Å². The first-order valence-electron chi connectivity index (χ1n) is 6.80. The Morgan fingerprint density at radius 1 is 1.24 bits per heavy atom. The number of hydrogen-bond donors (Lipinski definition) is 1. The third kappa shape index (κ3) is 2.96. The van der Waals surface area contributed by atoms with E-state index < -0.39 is 6.10 Å². The highest BCUT2D eigenvalue weighted by atomic mass is 79.9. The quantitative estimate of drug-likeness (QED) is 0.818. The molecule has 1 unspecified atom stereocenters. The van der Waals surface area contributed by atoms with Crippen molar-refractivity contribution in [3.8, 4) is 5.75 Å². The molecule has 1 N–H and O–H groups in total. The van der Waals surface area contributed by atoms with Gasteiger partial charge in [0.25, 0.3) is 0 Å². The Labute approximate surface area is 137 Å². The fraction of sp³-hybridized carbons (Fsp3) is 0.294. The lowest BCUT2D eigenvalue weighted by Gasteiger charge is -2.16. The number of hydrogen-bond acceptors (Lipinski definition) is 2. The molecule has 21 heavy (non-hydrogen) atoms. The molecule has 0 radical (unpaired) electrons. The van der Waals surface area contributed by atoms with Gasteiger partial charge in [-0.2, -0.15) is 0 Å². The van der Waals surface area contributed by atoms with E-state index in [-0.39, 0.29) is 5.60 Å². The Balaban J connectivity index is 1.97. The molecule has 0 saturated heterocycles. The smallest absolute Gasteiger partial charge is 0.123 e. The van der Waals surface area contributed by atoms with E-state index in [1.54, 1.807) is 12.1 Å². The van der Waals surface area contributed by atoms with E-state index in [2.05, 4.69) is 29.8 Å². The Morgan fingerprint density at radius 3 is 2.76 bits per heavy atom. The maximum Gasteiger partial charge on any atom is 0.123 e. The summed E-state index contributed by atoms with van der Waals surface area (Å²) in [5.41, 5.74) is 2.57. The predicted octanol–water partition coefficient (Wildman–Crippen LogP) is 4.90. The molecule has 0 saturated carbocycles. The lowest BCUT2D eigenvalue weighted by atomic mass is 9.96. The molecule has 1 aliphatic heterocycles. The lowest BCUT2D eigenvalue weighted by Crippen LogP contribution is -2.24. The van der Waals surface area contributed by atoms with Crippen LogP contribution in [0.4, 0.5) is 0 Å². The van der Waals surface area contributed by atoms with Gasteiger partial charge in [0.1, 0.15) is 17.5 Å². The van der Waals surface area contributed by atoms with E-state index in [1.165, 1.54) is 0 Å². The summed E-state index contributed by atoms with van der Waals surface area (Å²) in [6.07, 6.45) is 0.131. The summed E-state index contributed by atoms with van der Waals surface area (Å²) in [5.74, 6) is 0.904. The van der Waals surface area contributed by atoms with Gasteiger partial charge in [-0.15, -0.1) is 0 Å². The first-order chi connectivity index (χ1) is 9.85. The normalized spacial score (nSPS) is 17.2. The molecule has 4 heteroatoms. The number of halogens is 2. The van der Waals surface area contributed by atoms with Crippen LogP contribution < -0.4 is 4.74 Å². The third-order valence-corrected chi connectivity index (χ3v) is 4.61. The second-order valence-corrected chi connectivity index (χ2v) is 7.26. The van der Waals surface area contributed by atoms with Crippen LogP contribution in [-0.2, 0) is 6.42 Å². The molecule has 1 aliphatic rings. The molecule has 0 fully saturated rings. The van der Waals surface area contributed by atoms with Crippen LogP contribution in [0.3, 0.4) is 0 Å². The molecular formula is C17H16BrClO2. The average Bonchev–Trinajstić information content (AvgIpc) is 2.73. The molecule has 2 nitrogen and oxygen atoms in total. The Bertz CT molecular complexity index is 697. The molecule has 1 heterocycles. The highest BCUT2D eigenvalue weighted by Gasteiger charge is 2.30. The second kappa shape index (κ2) is 5.31. The van der Waals surface area contributed by atoms with E-state index in [0.29, 0.717) is 5.02 Å². The Morgan fingerprint density at radius 2 is 2.00 bits per heavy atom. The summed E-state index contributed by atoms with van der Waals surface area (Å²) < 4.78 is 6.71. The van der Waals surface area contributed by atoms with Crippen molar-refractivity contribution in [2.75, 3.05) is 0 Å². The highest BCUT2D eigenvalue weighted by Crippen LogP contribution is 2.38. The summed E-state index contributed by atoms with van der Waals surface area (Å²) in [4.78, 5) is 0. The minimum atomic E-state index is -0.716. The van der Waals surface area contributed by atoms with Crippen molar-refractivity contribution in [3.05, 3.63) is 62.6 Å². The third-order valence-electron chi connectivity index (χ3n) is 3.66. The van der Waals surface area contributed by atoms with Gasteiger partial charge in [0.05, 0.1) is 0 Å². The van der Waals surface area contributed by atoms with Crippen LogP contribution >= 0.6 is 27.5 Å². The molecule has 0 aromatic heterocycles. The van der Waals surface area contributed by atoms with Gasteiger partial charge in [-0.3, -0.25) is 0 Å². The van der Waals surface area contributed by atoms with Crippen molar-refractivity contribution in [2.24, 2.45) is 0 Å². The number of ether oxygens (including phenoxy) is 1. The summed E-state index contributed by atoms with van der Waals surface area (Å²) in [6, 6.07) is 11.3. The number of fused-ring (bicyclic) bond motifs is 1. The zero-order valence-electron chi connectivity index (χ0n) is 11.9. The van der Waals surface area contributed by atoms with Crippen molar-refractivity contribution in [1.82, 2.24) is 0 Å². The number of benzene rings is 2. The van der Waals surface area contributed by atoms with Crippen molar-refractivity contribution in [1.29, 1.82) is 0 Å². The van der Waals surface area contributed by atoms with Crippen LogP contribution in [0.2, 0.25) is 5.02 Å². The van der Waals surface area contributed by atoms with Crippen molar-refractivity contribution < 1.29 is 9.84 Å². The first-order valence-corrected chi connectivity index (χ1v) is 7.98. The topological polar surface area (TPSA) is 29.5 Å². The number of aliphatic hydroxyl groups is 1. The summed E-state index contributed by atoms with van der Waals surface area (Å²) in [7, 11) is 0. The Hall–Kier alpha value is -1.03. The Kier molecular flexibility index (Phi) is 3.76. The summed E-state index contributed by atoms with van der Waals surface area (Å²) in [6.45, 7) is 4.13. The molecule has 0 amide bonds.